The molecule has 0 fully saturated rings. The lowest BCUT2D eigenvalue weighted by atomic mass is 10.2. The van der Waals surface area contributed by atoms with Crippen LogP contribution in [0.15, 0.2) is 16.2 Å². The number of hydrogen-bond acceptors (Lipinski definition) is 4. The van der Waals surface area contributed by atoms with Crippen LogP contribution in [-0.2, 0) is 19.7 Å². The lowest BCUT2D eigenvalue weighted by Crippen LogP contribution is -2.34. The van der Waals surface area contributed by atoms with Gasteiger partial charge in [-0.3, -0.25) is 4.31 Å². The summed E-state index contributed by atoms with van der Waals surface area (Å²) in [6.45, 7) is 5.99. The minimum absolute atomic E-state index is 0.158. The van der Waals surface area contributed by atoms with Gasteiger partial charge < -0.3 is 4.74 Å². The Morgan fingerprint density at radius 1 is 1.30 bits per heavy atom. The van der Waals surface area contributed by atoms with E-state index in [0.29, 0.717) is 12.2 Å². The van der Waals surface area contributed by atoms with Crippen LogP contribution < -0.4 is 0 Å². The molecule has 0 N–H and O–H groups in total. The predicted octanol–water partition coefficient (Wildman–Crippen LogP) is 2.04. The molecule has 114 valence electrons. The van der Waals surface area contributed by atoms with E-state index >= 15 is 0 Å². The monoisotopic (exact) mass is 302 g/mol. The van der Waals surface area contributed by atoms with Crippen molar-refractivity contribution in [2.45, 2.75) is 46.5 Å². The van der Waals surface area contributed by atoms with E-state index in [4.69, 9.17) is 4.74 Å². The normalized spacial score (nSPS) is 17.4. The average molecular weight is 302 g/mol. The van der Waals surface area contributed by atoms with Gasteiger partial charge in [-0.15, -0.1) is 4.40 Å². The summed E-state index contributed by atoms with van der Waals surface area (Å²) >= 11 is 0. The van der Waals surface area contributed by atoms with Crippen molar-refractivity contribution in [3.63, 3.8) is 0 Å². The van der Waals surface area contributed by atoms with Crippen LogP contribution in [0.2, 0.25) is 0 Å². The Kier molecular flexibility index (Phi) is 6.19. The first-order chi connectivity index (χ1) is 9.42. The van der Waals surface area contributed by atoms with E-state index in [2.05, 4.69) is 11.3 Å². The summed E-state index contributed by atoms with van der Waals surface area (Å²) in [5.74, 6) is -0.707. The molecule has 0 amide bonds. The zero-order valence-corrected chi connectivity index (χ0v) is 13.1. The van der Waals surface area contributed by atoms with Crippen LogP contribution in [0.3, 0.4) is 0 Å². The molecule has 0 aromatic carbocycles. The molecular weight excluding hydrogens is 280 g/mol. The van der Waals surface area contributed by atoms with Gasteiger partial charge in [0.2, 0.25) is 0 Å². The van der Waals surface area contributed by atoms with Crippen molar-refractivity contribution in [3.8, 4) is 0 Å². The highest BCUT2D eigenvalue weighted by molar-refractivity contribution is 7.88. The molecule has 7 heteroatoms. The molecule has 0 atom stereocenters. The van der Waals surface area contributed by atoms with E-state index in [1.165, 1.54) is 10.4 Å². The molecule has 0 saturated carbocycles. The first-order valence-electron chi connectivity index (χ1n) is 6.90. The Labute approximate surface area is 120 Å². The summed E-state index contributed by atoms with van der Waals surface area (Å²) < 4.78 is 33.7. The van der Waals surface area contributed by atoms with Crippen LogP contribution in [0, 0.1) is 0 Å². The van der Waals surface area contributed by atoms with E-state index in [1.807, 2.05) is 0 Å². The molecule has 6 nitrogen and oxygen atoms in total. The number of esters is 1. The maximum Gasteiger partial charge on any atom is 0.357 e. The predicted molar refractivity (Wildman–Crippen MR) is 77.6 cm³/mol. The minimum Gasteiger partial charge on any atom is -0.461 e. The molecule has 0 bridgehead atoms. The lowest BCUT2D eigenvalue weighted by Gasteiger charge is -2.25. The van der Waals surface area contributed by atoms with Gasteiger partial charge in [0.15, 0.2) is 5.71 Å². The number of hydrogen-bond donors (Lipinski definition) is 0. The molecule has 20 heavy (non-hydrogen) atoms. The number of carbonyl (C=O) groups excluding carboxylic acids is 1. The summed E-state index contributed by atoms with van der Waals surface area (Å²) in [5, 5.41) is 0. The number of carbonyl (C=O) groups is 1. The van der Waals surface area contributed by atoms with Crippen molar-refractivity contribution in [1.29, 1.82) is 0 Å². The highest BCUT2D eigenvalue weighted by Crippen LogP contribution is 2.19. The second kappa shape index (κ2) is 7.42. The third-order valence-electron chi connectivity index (χ3n) is 2.93. The molecule has 1 aliphatic heterocycles. The number of ether oxygens (including phenoxy) is 1. The Morgan fingerprint density at radius 2 is 2.00 bits per heavy atom. The van der Waals surface area contributed by atoms with Gasteiger partial charge in [0.05, 0.1) is 6.61 Å². The molecule has 0 aliphatic carbocycles. The third kappa shape index (κ3) is 4.33. The number of allylic oxidation sites excluding steroid dienone is 1. The standard InChI is InChI=1S/C13H22N2O4S/c1-4-6-7-8-9-15-11(3)10-12(13(16)19-5-2)14-20(15,17)18/h10H,4-9H2,1-3H3. The van der Waals surface area contributed by atoms with Gasteiger partial charge in [0.25, 0.3) is 0 Å². The number of unbranched alkanes of at least 4 members (excludes halogenated alkanes) is 3. The first kappa shape index (κ1) is 16.7. The zero-order valence-electron chi connectivity index (χ0n) is 12.3. The molecule has 1 aliphatic rings. The molecule has 0 saturated heterocycles. The van der Waals surface area contributed by atoms with E-state index in [0.717, 1.165) is 25.7 Å². The summed E-state index contributed by atoms with van der Waals surface area (Å²) in [6.07, 6.45) is 5.38. The fraction of sp³-hybridized carbons (Fsp3) is 0.692. The SMILES string of the molecule is CCCCCCN1C(C)=CC(C(=O)OCC)=NS1(=O)=O. The molecule has 0 radical (unpaired) electrons. The second-order valence-electron chi connectivity index (χ2n) is 4.59. The zero-order chi connectivity index (χ0) is 15.2. The van der Waals surface area contributed by atoms with Crippen molar-refractivity contribution >= 4 is 21.9 Å². The summed E-state index contributed by atoms with van der Waals surface area (Å²) in [4.78, 5) is 11.6. The topological polar surface area (TPSA) is 76.0 Å². The quantitative estimate of drug-likeness (QED) is 0.532. The van der Waals surface area contributed by atoms with Crippen LogP contribution in [0.4, 0.5) is 0 Å². The van der Waals surface area contributed by atoms with Crippen molar-refractivity contribution in [1.82, 2.24) is 4.31 Å². The van der Waals surface area contributed by atoms with E-state index in [9.17, 15) is 13.2 Å². The van der Waals surface area contributed by atoms with Crippen LogP contribution in [-0.4, -0.2) is 37.6 Å². The van der Waals surface area contributed by atoms with E-state index < -0.39 is 16.2 Å². The van der Waals surface area contributed by atoms with Gasteiger partial charge in [-0.25, -0.2) is 4.79 Å². The fourth-order valence-electron chi connectivity index (χ4n) is 1.93. The molecule has 0 aromatic rings. The molecule has 0 unspecified atom stereocenters. The van der Waals surface area contributed by atoms with Crippen LogP contribution in [0.5, 0.6) is 0 Å². The van der Waals surface area contributed by atoms with Crippen LogP contribution in [0.25, 0.3) is 0 Å². The molecule has 1 heterocycles. The Hall–Kier alpha value is -1.37. The van der Waals surface area contributed by atoms with Gasteiger partial charge in [-0.05, 0) is 26.3 Å². The molecule has 1 rings (SSSR count). The Balaban J connectivity index is 2.79. The van der Waals surface area contributed by atoms with Gasteiger partial charge in [0.1, 0.15) is 0 Å². The second-order valence-corrected chi connectivity index (χ2v) is 6.11. The van der Waals surface area contributed by atoms with Crippen LogP contribution >= 0.6 is 0 Å². The van der Waals surface area contributed by atoms with E-state index in [1.54, 1.807) is 13.8 Å². The first-order valence-corrected chi connectivity index (χ1v) is 8.30. The summed E-state index contributed by atoms with van der Waals surface area (Å²) in [5.41, 5.74) is 0.341. The van der Waals surface area contributed by atoms with Crippen molar-refractivity contribution < 1.29 is 17.9 Å². The maximum absolute atomic E-state index is 12.1. The highest BCUT2D eigenvalue weighted by Gasteiger charge is 2.28. The summed E-state index contributed by atoms with van der Waals surface area (Å²) in [6, 6.07) is 0. The van der Waals surface area contributed by atoms with Gasteiger partial charge >= 0.3 is 16.2 Å². The lowest BCUT2D eigenvalue weighted by molar-refractivity contribution is -0.134. The van der Waals surface area contributed by atoms with E-state index in [-0.39, 0.29) is 12.3 Å². The highest BCUT2D eigenvalue weighted by atomic mass is 32.2. The minimum atomic E-state index is -3.82. The fourth-order valence-corrected chi connectivity index (χ4v) is 3.18. The van der Waals surface area contributed by atoms with Crippen molar-refractivity contribution in [2.75, 3.05) is 13.2 Å². The maximum atomic E-state index is 12.1. The smallest absolute Gasteiger partial charge is 0.357 e. The Morgan fingerprint density at radius 3 is 2.55 bits per heavy atom. The van der Waals surface area contributed by atoms with Gasteiger partial charge in [0, 0.05) is 12.2 Å². The molecular formula is C13H22N2O4S. The van der Waals surface area contributed by atoms with Gasteiger partial charge in [-0.1, -0.05) is 26.2 Å². The van der Waals surface area contributed by atoms with Crippen molar-refractivity contribution in [2.24, 2.45) is 4.40 Å². The molecule has 0 spiro atoms. The summed E-state index contributed by atoms with van der Waals surface area (Å²) in [7, 11) is -3.82. The van der Waals surface area contributed by atoms with Gasteiger partial charge in [-0.2, -0.15) is 8.42 Å². The number of nitrogens with zero attached hydrogens (tertiary/aromatic N) is 2. The Bertz CT molecular complexity index is 508. The number of rotatable bonds is 7. The average Bonchev–Trinajstić information content (AvgIpc) is 2.36. The molecule has 0 aromatic heterocycles. The van der Waals surface area contributed by atoms with Crippen molar-refractivity contribution in [3.05, 3.63) is 11.8 Å². The largest absolute Gasteiger partial charge is 0.461 e. The van der Waals surface area contributed by atoms with Crippen LogP contribution in [0.1, 0.15) is 46.5 Å². The third-order valence-corrected chi connectivity index (χ3v) is 4.39.